The summed E-state index contributed by atoms with van der Waals surface area (Å²) in [5, 5.41) is 2.70. The second kappa shape index (κ2) is 6.53. The SMILES string of the molecule is COCCOc1cccc(N=C=S)c1Cl. The molecule has 1 aromatic carbocycles. The fourth-order valence-corrected chi connectivity index (χ4v) is 1.30. The van der Waals surface area contributed by atoms with Crippen molar-refractivity contribution in [3.63, 3.8) is 0 Å². The van der Waals surface area contributed by atoms with Crippen LogP contribution in [0.25, 0.3) is 0 Å². The summed E-state index contributed by atoms with van der Waals surface area (Å²) < 4.78 is 10.2. The van der Waals surface area contributed by atoms with Crippen LogP contribution in [0, 0.1) is 0 Å². The van der Waals surface area contributed by atoms with Crippen molar-refractivity contribution < 1.29 is 9.47 Å². The largest absolute Gasteiger partial charge is 0.490 e. The van der Waals surface area contributed by atoms with Crippen LogP contribution in [0.5, 0.6) is 5.75 Å². The van der Waals surface area contributed by atoms with Crippen LogP contribution in [0.1, 0.15) is 0 Å². The van der Waals surface area contributed by atoms with Gasteiger partial charge in [0.25, 0.3) is 0 Å². The minimum Gasteiger partial charge on any atom is -0.490 e. The Kier molecular flexibility index (Phi) is 5.29. The molecule has 1 aromatic rings. The first kappa shape index (κ1) is 12.1. The summed E-state index contributed by atoms with van der Waals surface area (Å²) in [5.41, 5.74) is 0.557. The molecule has 5 heteroatoms. The molecule has 0 saturated carbocycles. The van der Waals surface area contributed by atoms with E-state index >= 15 is 0 Å². The summed E-state index contributed by atoms with van der Waals surface area (Å²) in [5.74, 6) is 0.570. The van der Waals surface area contributed by atoms with Crippen molar-refractivity contribution in [1.82, 2.24) is 0 Å². The van der Waals surface area contributed by atoms with E-state index in [0.717, 1.165) is 0 Å². The van der Waals surface area contributed by atoms with Gasteiger partial charge in [0, 0.05) is 7.11 Å². The van der Waals surface area contributed by atoms with Gasteiger partial charge in [0.15, 0.2) is 0 Å². The summed E-state index contributed by atoms with van der Waals surface area (Å²) in [4.78, 5) is 3.82. The first-order valence-electron chi connectivity index (χ1n) is 4.27. The van der Waals surface area contributed by atoms with E-state index in [9.17, 15) is 0 Å². The van der Waals surface area contributed by atoms with Crippen molar-refractivity contribution in [2.45, 2.75) is 0 Å². The van der Waals surface area contributed by atoms with Gasteiger partial charge in [-0.1, -0.05) is 17.7 Å². The van der Waals surface area contributed by atoms with E-state index in [0.29, 0.717) is 29.7 Å². The van der Waals surface area contributed by atoms with Gasteiger partial charge in [0.2, 0.25) is 0 Å². The van der Waals surface area contributed by atoms with Gasteiger partial charge in [-0.15, -0.1) is 0 Å². The summed E-state index contributed by atoms with van der Waals surface area (Å²) in [6.07, 6.45) is 0. The van der Waals surface area contributed by atoms with Gasteiger partial charge in [-0.25, -0.2) is 0 Å². The van der Waals surface area contributed by atoms with Gasteiger partial charge >= 0.3 is 0 Å². The maximum Gasteiger partial charge on any atom is 0.140 e. The monoisotopic (exact) mass is 243 g/mol. The molecule has 80 valence electrons. The summed E-state index contributed by atoms with van der Waals surface area (Å²) in [6.45, 7) is 0.956. The lowest BCUT2D eigenvalue weighted by Gasteiger charge is -2.07. The van der Waals surface area contributed by atoms with Crippen LogP contribution in [0.4, 0.5) is 5.69 Å². The quantitative estimate of drug-likeness (QED) is 0.452. The summed E-state index contributed by atoms with van der Waals surface area (Å²) in [6, 6.07) is 5.30. The zero-order chi connectivity index (χ0) is 11.1. The molecule has 0 aliphatic heterocycles. The Morgan fingerprint density at radius 2 is 2.27 bits per heavy atom. The molecule has 0 aliphatic carbocycles. The van der Waals surface area contributed by atoms with Gasteiger partial charge in [-0.05, 0) is 24.4 Å². The van der Waals surface area contributed by atoms with Crippen molar-refractivity contribution in [2.24, 2.45) is 4.99 Å². The molecule has 0 amide bonds. The number of hydrogen-bond acceptors (Lipinski definition) is 4. The number of methoxy groups -OCH3 is 1. The Morgan fingerprint density at radius 1 is 1.47 bits per heavy atom. The second-order valence-corrected chi connectivity index (χ2v) is 3.19. The fourth-order valence-electron chi connectivity index (χ4n) is 0.981. The maximum atomic E-state index is 6.02. The average molecular weight is 244 g/mol. The van der Waals surface area contributed by atoms with Gasteiger partial charge in [0.1, 0.15) is 17.4 Å². The Balaban J connectivity index is 2.79. The van der Waals surface area contributed by atoms with Crippen LogP contribution >= 0.6 is 23.8 Å². The van der Waals surface area contributed by atoms with Crippen LogP contribution in [-0.4, -0.2) is 25.5 Å². The minimum atomic E-state index is 0.436. The number of hydrogen-bond donors (Lipinski definition) is 0. The Bertz CT molecular complexity index is 378. The summed E-state index contributed by atoms with van der Waals surface area (Å²) >= 11 is 10.5. The van der Waals surface area contributed by atoms with E-state index in [2.05, 4.69) is 22.4 Å². The molecule has 0 aromatic heterocycles. The van der Waals surface area contributed by atoms with Crippen LogP contribution in [0.3, 0.4) is 0 Å². The van der Waals surface area contributed by atoms with Gasteiger partial charge in [-0.3, -0.25) is 0 Å². The van der Waals surface area contributed by atoms with E-state index in [1.165, 1.54) is 0 Å². The van der Waals surface area contributed by atoms with E-state index in [4.69, 9.17) is 21.1 Å². The average Bonchev–Trinajstić information content (AvgIpc) is 2.24. The third kappa shape index (κ3) is 3.61. The van der Waals surface area contributed by atoms with E-state index < -0.39 is 0 Å². The number of nitrogens with zero attached hydrogens (tertiary/aromatic N) is 1. The highest BCUT2D eigenvalue weighted by Gasteiger charge is 2.05. The molecule has 0 N–H and O–H groups in total. The maximum absolute atomic E-state index is 6.02. The zero-order valence-electron chi connectivity index (χ0n) is 8.20. The molecule has 0 saturated heterocycles. The van der Waals surface area contributed by atoms with Crippen molar-refractivity contribution in [3.8, 4) is 5.75 Å². The van der Waals surface area contributed by atoms with Crippen molar-refractivity contribution in [1.29, 1.82) is 0 Å². The highest BCUT2D eigenvalue weighted by atomic mass is 35.5. The van der Waals surface area contributed by atoms with Gasteiger partial charge < -0.3 is 9.47 Å². The van der Waals surface area contributed by atoms with Crippen LogP contribution < -0.4 is 4.74 Å². The normalized spacial score (nSPS) is 9.47. The molecule has 0 unspecified atom stereocenters. The second-order valence-electron chi connectivity index (χ2n) is 2.63. The van der Waals surface area contributed by atoms with Crippen molar-refractivity contribution in [2.75, 3.05) is 20.3 Å². The van der Waals surface area contributed by atoms with E-state index in [-0.39, 0.29) is 0 Å². The topological polar surface area (TPSA) is 30.8 Å². The minimum absolute atomic E-state index is 0.436. The van der Waals surface area contributed by atoms with E-state index in [1.54, 1.807) is 25.3 Å². The Hall–Kier alpha value is -0.930. The number of aliphatic imine (C=N–C) groups is 1. The lowest BCUT2D eigenvalue weighted by Crippen LogP contribution is -2.04. The Labute approximate surface area is 98.7 Å². The van der Waals surface area contributed by atoms with Gasteiger partial charge in [-0.2, -0.15) is 4.99 Å². The number of rotatable bonds is 5. The number of benzene rings is 1. The molecular formula is C10H10ClNO2S. The molecule has 0 fully saturated rings. The predicted octanol–water partition coefficient (Wildman–Crippen LogP) is 3.10. The molecule has 3 nitrogen and oxygen atoms in total. The summed E-state index contributed by atoms with van der Waals surface area (Å²) in [7, 11) is 1.61. The first-order chi connectivity index (χ1) is 7.29. The molecule has 1 rings (SSSR count). The zero-order valence-corrected chi connectivity index (χ0v) is 9.77. The lowest BCUT2D eigenvalue weighted by atomic mass is 10.3. The first-order valence-corrected chi connectivity index (χ1v) is 5.06. The molecule has 0 atom stereocenters. The van der Waals surface area contributed by atoms with Gasteiger partial charge in [0.05, 0.1) is 17.5 Å². The standard InChI is InChI=1S/C10H10ClNO2S/c1-13-5-6-14-9-4-2-3-8(10(9)11)12-7-15/h2-4H,5-6H2,1H3. The van der Waals surface area contributed by atoms with Crippen LogP contribution in [0.15, 0.2) is 23.2 Å². The molecule has 15 heavy (non-hydrogen) atoms. The molecule has 0 spiro atoms. The number of halogens is 1. The number of thiocarbonyl (C=S) groups is 1. The third-order valence-corrected chi connectivity index (χ3v) is 2.13. The molecule has 0 radical (unpaired) electrons. The lowest BCUT2D eigenvalue weighted by molar-refractivity contribution is 0.146. The molecule has 0 heterocycles. The molecule has 0 aliphatic rings. The smallest absolute Gasteiger partial charge is 0.140 e. The molecular weight excluding hydrogens is 234 g/mol. The molecule has 0 bridgehead atoms. The van der Waals surface area contributed by atoms with Crippen LogP contribution in [-0.2, 0) is 4.74 Å². The predicted molar refractivity (Wildman–Crippen MR) is 63.5 cm³/mol. The highest BCUT2D eigenvalue weighted by molar-refractivity contribution is 7.78. The van der Waals surface area contributed by atoms with E-state index in [1.807, 2.05) is 0 Å². The van der Waals surface area contributed by atoms with Crippen LogP contribution in [0.2, 0.25) is 5.02 Å². The van der Waals surface area contributed by atoms with Crippen molar-refractivity contribution >= 4 is 34.7 Å². The Morgan fingerprint density at radius 3 is 2.93 bits per heavy atom. The highest BCUT2D eigenvalue weighted by Crippen LogP contribution is 2.33. The van der Waals surface area contributed by atoms with Crippen molar-refractivity contribution in [3.05, 3.63) is 23.2 Å². The fraction of sp³-hybridized carbons (Fsp3) is 0.300. The third-order valence-electron chi connectivity index (χ3n) is 1.65. The number of ether oxygens (including phenoxy) is 2. The number of isothiocyanates is 1.